The zero-order chi connectivity index (χ0) is 12.4. The average molecular weight is 234 g/mol. The van der Waals surface area contributed by atoms with Crippen LogP contribution in [0.15, 0.2) is 0 Å². The monoisotopic (exact) mass is 234 g/mol. The molecule has 0 saturated heterocycles. The van der Waals surface area contributed by atoms with E-state index in [4.69, 9.17) is 19.7 Å². The molecule has 4 heteroatoms. The molecule has 98 valence electrons. The predicted molar refractivity (Wildman–Crippen MR) is 63.4 cm³/mol. The molecule has 3 atom stereocenters. The second-order valence-electron chi connectivity index (χ2n) is 4.33. The minimum Gasteiger partial charge on any atom is -0.391 e. The first kappa shape index (κ1) is 15.8. The lowest BCUT2D eigenvalue weighted by atomic mass is 10.2. The molecule has 0 fully saturated rings. The van der Waals surface area contributed by atoms with E-state index < -0.39 is 12.2 Å². The Kier molecular flexibility index (Phi) is 9.92. The number of hydrogen-bond acceptors (Lipinski definition) is 4. The summed E-state index contributed by atoms with van der Waals surface area (Å²) in [5.41, 5.74) is 0. The van der Waals surface area contributed by atoms with Crippen LogP contribution in [0.1, 0.15) is 40.0 Å². The van der Waals surface area contributed by atoms with E-state index in [9.17, 15) is 0 Å². The molecule has 0 aliphatic rings. The summed E-state index contributed by atoms with van der Waals surface area (Å²) in [5, 5.41) is 18.2. The number of ether oxygens (including phenoxy) is 2. The lowest BCUT2D eigenvalue weighted by Gasteiger charge is -2.19. The van der Waals surface area contributed by atoms with Crippen molar-refractivity contribution in [3.8, 4) is 0 Å². The van der Waals surface area contributed by atoms with Crippen LogP contribution in [0.3, 0.4) is 0 Å². The quantitative estimate of drug-likeness (QED) is 0.599. The summed E-state index contributed by atoms with van der Waals surface area (Å²) >= 11 is 0. The van der Waals surface area contributed by atoms with E-state index in [1.165, 1.54) is 0 Å². The van der Waals surface area contributed by atoms with Crippen molar-refractivity contribution in [1.82, 2.24) is 0 Å². The maximum Gasteiger partial charge on any atom is 0.0809 e. The molecule has 2 N–H and O–H groups in total. The average Bonchev–Trinajstić information content (AvgIpc) is 2.20. The molecule has 0 aromatic heterocycles. The Morgan fingerprint density at radius 2 is 1.62 bits per heavy atom. The molecular weight excluding hydrogens is 208 g/mol. The Bertz CT molecular complexity index is 148. The molecule has 16 heavy (non-hydrogen) atoms. The third kappa shape index (κ3) is 10.4. The van der Waals surface area contributed by atoms with Crippen molar-refractivity contribution in [1.29, 1.82) is 0 Å². The maximum absolute atomic E-state index is 9.13. The largest absolute Gasteiger partial charge is 0.391 e. The van der Waals surface area contributed by atoms with Crippen LogP contribution < -0.4 is 0 Å². The van der Waals surface area contributed by atoms with Gasteiger partial charge < -0.3 is 19.7 Å². The van der Waals surface area contributed by atoms with Crippen LogP contribution in [0, 0.1) is 0 Å². The van der Waals surface area contributed by atoms with Gasteiger partial charge in [0.05, 0.1) is 38.1 Å². The third-order valence-electron chi connectivity index (χ3n) is 2.12. The molecule has 0 aliphatic heterocycles. The summed E-state index contributed by atoms with van der Waals surface area (Å²) in [4.78, 5) is 0. The molecule has 3 unspecified atom stereocenters. The van der Waals surface area contributed by atoms with Gasteiger partial charge >= 0.3 is 0 Å². The highest BCUT2D eigenvalue weighted by molar-refractivity contribution is 4.59. The fraction of sp³-hybridized carbons (Fsp3) is 1.00. The van der Waals surface area contributed by atoms with Crippen molar-refractivity contribution in [2.45, 2.75) is 58.3 Å². The molecule has 0 saturated carbocycles. The molecular formula is C12H26O4. The summed E-state index contributed by atoms with van der Waals surface area (Å²) in [7, 11) is 0. The Morgan fingerprint density at radius 3 is 2.12 bits per heavy atom. The van der Waals surface area contributed by atoms with Gasteiger partial charge in [0.25, 0.3) is 0 Å². The first-order valence-electron chi connectivity index (χ1n) is 6.11. The van der Waals surface area contributed by atoms with Gasteiger partial charge in [-0.05, 0) is 20.3 Å². The van der Waals surface area contributed by atoms with E-state index >= 15 is 0 Å². The molecule has 0 aliphatic carbocycles. The van der Waals surface area contributed by atoms with E-state index in [1.54, 1.807) is 13.8 Å². The number of unbranched alkanes of at least 4 members (excludes halogenated alkanes) is 1. The van der Waals surface area contributed by atoms with Crippen molar-refractivity contribution in [3.05, 3.63) is 0 Å². The lowest BCUT2D eigenvalue weighted by molar-refractivity contribution is -0.0600. The highest BCUT2D eigenvalue weighted by atomic mass is 16.5. The zero-order valence-corrected chi connectivity index (χ0v) is 10.7. The normalized spacial score (nSPS) is 17.1. The van der Waals surface area contributed by atoms with Crippen molar-refractivity contribution in [2.24, 2.45) is 0 Å². The molecule has 0 radical (unpaired) electrons. The SMILES string of the molecule is CCCCC(COCC(C)O)OCC(C)O. The summed E-state index contributed by atoms with van der Waals surface area (Å²) < 4.78 is 10.9. The van der Waals surface area contributed by atoms with Gasteiger partial charge in [0.1, 0.15) is 0 Å². The number of hydrogen-bond donors (Lipinski definition) is 2. The van der Waals surface area contributed by atoms with E-state index in [-0.39, 0.29) is 6.10 Å². The Labute approximate surface area is 98.6 Å². The van der Waals surface area contributed by atoms with Crippen LogP contribution in [0.25, 0.3) is 0 Å². The standard InChI is InChI=1S/C12H26O4/c1-4-5-6-12(16-8-11(3)14)9-15-7-10(2)13/h10-14H,4-9H2,1-3H3. The number of rotatable bonds is 10. The predicted octanol–water partition coefficient (Wildman–Crippen LogP) is 1.34. The molecule has 0 spiro atoms. The molecule has 0 amide bonds. The second-order valence-corrected chi connectivity index (χ2v) is 4.33. The van der Waals surface area contributed by atoms with E-state index in [0.29, 0.717) is 19.8 Å². The Morgan fingerprint density at radius 1 is 1.00 bits per heavy atom. The smallest absolute Gasteiger partial charge is 0.0809 e. The first-order chi connectivity index (χ1) is 7.56. The van der Waals surface area contributed by atoms with Crippen LogP contribution in [0.2, 0.25) is 0 Å². The lowest BCUT2D eigenvalue weighted by Crippen LogP contribution is -2.26. The Balaban J connectivity index is 3.71. The van der Waals surface area contributed by atoms with Crippen LogP contribution in [-0.2, 0) is 9.47 Å². The van der Waals surface area contributed by atoms with E-state index in [1.807, 2.05) is 0 Å². The van der Waals surface area contributed by atoms with Gasteiger partial charge in [-0.3, -0.25) is 0 Å². The molecule has 0 rings (SSSR count). The Hall–Kier alpha value is -0.160. The van der Waals surface area contributed by atoms with Crippen LogP contribution in [-0.4, -0.2) is 48.3 Å². The van der Waals surface area contributed by atoms with Gasteiger partial charge in [0.15, 0.2) is 0 Å². The van der Waals surface area contributed by atoms with Crippen LogP contribution >= 0.6 is 0 Å². The maximum atomic E-state index is 9.13. The highest BCUT2D eigenvalue weighted by Gasteiger charge is 2.10. The summed E-state index contributed by atoms with van der Waals surface area (Å²) in [6, 6.07) is 0. The molecule has 0 bridgehead atoms. The van der Waals surface area contributed by atoms with Gasteiger partial charge in [-0.1, -0.05) is 19.8 Å². The summed E-state index contributed by atoms with van der Waals surface area (Å²) in [6.07, 6.45) is 2.27. The summed E-state index contributed by atoms with van der Waals surface area (Å²) in [6.45, 7) is 6.68. The van der Waals surface area contributed by atoms with Gasteiger partial charge in [-0.15, -0.1) is 0 Å². The van der Waals surface area contributed by atoms with Gasteiger partial charge in [-0.25, -0.2) is 0 Å². The van der Waals surface area contributed by atoms with Crippen molar-refractivity contribution < 1.29 is 19.7 Å². The van der Waals surface area contributed by atoms with E-state index in [2.05, 4.69) is 6.92 Å². The van der Waals surface area contributed by atoms with Gasteiger partial charge in [-0.2, -0.15) is 0 Å². The third-order valence-corrected chi connectivity index (χ3v) is 2.12. The fourth-order valence-electron chi connectivity index (χ4n) is 1.29. The summed E-state index contributed by atoms with van der Waals surface area (Å²) in [5.74, 6) is 0. The van der Waals surface area contributed by atoms with Crippen molar-refractivity contribution >= 4 is 0 Å². The van der Waals surface area contributed by atoms with Crippen LogP contribution in [0.5, 0.6) is 0 Å². The molecule has 0 aromatic carbocycles. The van der Waals surface area contributed by atoms with Crippen molar-refractivity contribution in [2.75, 3.05) is 19.8 Å². The minimum atomic E-state index is -0.444. The topological polar surface area (TPSA) is 58.9 Å². The highest BCUT2D eigenvalue weighted by Crippen LogP contribution is 2.06. The molecule has 0 aromatic rings. The minimum absolute atomic E-state index is 0.0216. The van der Waals surface area contributed by atoms with E-state index in [0.717, 1.165) is 19.3 Å². The molecule has 0 heterocycles. The molecule has 4 nitrogen and oxygen atoms in total. The van der Waals surface area contributed by atoms with Crippen LogP contribution in [0.4, 0.5) is 0 Å². The number of aliphatic hydroxyl groups is 2. The van der Waals surface area contributed by atoms with Crippen molar-refractivity contribution in [3.63, 3.8) is 0 Å². The number of aliphatic hydroxyl groups excluding tert-OH is 2. The van der Waals surface area contributed by atoms with Gasteiger partial charge in [0, 0.05) is 0 Å². The van der Waals surface area contributed by atoms with Gasteiger partial charge in [0.2, 0.25) is 0 Å². The first-order valence-corrected chi connectivity index (χ1v) is 6.11. The zero-order valence-electron chi connectivity index (χ0n) is 10.7. The second kappa shape index (κ2) is 10.0. The fourth-order valence-corrected chi connectivity index (χ4v) is 1.29.